The van der Waals surface area contributed by atoms with Crippen LogP contribution in [0.4, 0.5) is 5.69 Å². The Kier molecular flexibility index (Phi) is 4.78. The quantitative estimate of drug-likeness (QED) is 0.629. The van der Waals surface area contributed by atoms with E-state index < -0.39 is 0 Å². The SMILES string of the molecule is CSCc1c(C(=O)Nc2ccc(Br)cc2C)oc2ccccc12. The molecule has 1 heterocycles. The van der Waals surface area contributed by atoms with Gasteiger partial charge in [-0.25, -0.2) is 0 Å². The summed E-state index contributed by atoms with van der Waals surface area (Å²) >= 11 is 5.10. The standard InChI is InChI=1S/C18H16BrNO2S/c1-11-9-12(19)7-8-15(11)20-18(21)17-14(10-23-2)13-5-3-4-6-16(13)22-17/h3-9H,10H2,1-2H3,(H,20,21). The molecule has 0 atom stereocenters. The minimum atomic E-state index is -0.212. The zero-order chi connectivity index (χ0) is 16.4. The number of amides is 1. The minimum absolute atomic E-state index is 0.212. The number of nitrogens with one attached hydrogen (secondary N) is 1. The van der Waals surface area contributed by atoms with Crippen LogP contribution >= 0.6 is 27.7 Å². The van der Waals surface area contributed by atoms with Crippen LogP contribution in [0.1, 0.15) is 21.7 Å². The van der Waals surface area contributed by atoms with Crippen LogP contribution in [0.2, 0.25) is 0 Å². The Labute approximate surface area is 147 Å². The molecule has 0 aliphatic heterocycles. The highest BCUT2D eigenvalue weighted by Gasteiger charge is 2.20. The number of fused-ring (bicyclic) bond motifs is 1. The molecule has 3 aromatic rings. The van der Waals surface area contributed by atoms with Gasteiger partial charge in [-0.3, -0.25) is 4.79 Å². The van der Waals surface area contributed by atoms with Gasteiger partial charge in [0.05, 0.1) is 0 Å². The van der Waals surface area contributed by atoms with Crippen LogP contribution in [-0.4, -0.2) is 12.2 Å². The van der Waals surface area contributed by atoms with Crippen molar-refractivity contribution in [1.29, 1.82) is 0 Å². The first-order valence-electron chi connectivity index (χ1n) is 7.17. The van der Waals surface area contributed by atoms with Gasteiger partial charge in [0, 0.05) is 26.9 Å². The average molecular weight is 390 g/mol. The van der Waals surface area contributed by atoms with Crippen LogP contribution in [0, 0.1) is 6.92 Å². The zero-order valence-corrected chi connectivity index (χ0v) is 15.3. The van der Waals surface area contributed by atoms with E-state index >= 15 is 0 Å². The molecule has 0 aliphatic carbocycles. The van der Waals surface area contributed by atoms with E-state index in [0.717, 1.165) is 38.0 Å². The molecule has 1 aromatic heterocycles. The number of hydrogen-bond donors (Lipinski definition) is 1. The first-order valence-corrected chi connectivity index (χ1v) is 9.35. The number of benzene rings is 2. The molecule has 1 amide bonds. The van der Waals surface area contributed by atoms with E-state index in [1.807, 2.05) is 55.6 Å². The van der Waals surface area contributed by atoms with Crippen molar-refractivity contribution in [3.8, 4) is 0 Å². The van der Waals surface area contributed by atoms with E-state index in [4.69, 9.17) is 4.42 Å². The third-order valence-electron chi connectivity index (χ3n) is 3.63. The van der Waals surface area contributed by atoms with Crippen LogP contribution in [0.15, 0.2) is 51.4 Å². The van der Waals surface area contributed by atoms with Crippen molar-refractivity contribution >= 4 is 50.3 Å². The molecular weight excluding hydrogens is 374 g/mol. The topological polar surface area (TPSA) is 42.2 Å². The molecule has 0 unspecified atom stereocenters. The van der Waals surface area contributed by atoms with Crippen molar-refractivity contribution in [2.24, 2.45) is 0 Å². The summed E-state index contributed by atoms with van der Waals surface area (Å²) in [5.41, 5.74) is 3.47. The van der Waals surface area contributed by atoms with Gasteiger partial charge in [0.2, 0.25) is 0 Å². The van der Waals surface area contributed by atoms with Gasteiger partial charge >= 0.3 is 0 Å². The molecule has 118 valence electrons. The molecule has 0 saturated heterocycles. The maximum atomic E-state index is 12.7. The number of halogens is 1. The third-order valence-corrected chi connectivity index (χ3v) is 4.70. The highest BCUT2D eigenvalue weighted by molar-refractivity contribution is 9.10. The second-order valence-corrected chi connectivity index (χ2v) is 7.03. The van der Waals surface area contributed by atoms with E-state index in [1.54, 1.807) is 11.8 Å². The maximum Gasteiger partial charge on any atom is 0.291 e. The number of aryl methyl sites for hydroxylation is 1. The number of hydrogen-bond acceptors (Lipinski definition) is 3. The Bertz CT molecular complexity index is 873. The van der Waals surface area contributed by atoms with E-state index in [1.165, 1.54) is 0 Å². The molecular formula is C18H16BrNO2S. The summed E-state index contributed by atoms with van der Waals surface area (Å²) in [4.78, 5) is 12.7. The van der Waals surface area contributed by atoms with Gasteiger partial charge in [-0.15, -0.1) is 0 Å². The number of anilines is 1. The zero-order valence-electron chi connectivity index (χ0n) is 12.9. The Balaban J connectivity index is 1.98. The van der Waals surface area contributed by atoms with Crippen molar-refractivity contribution in [2.45, 2.75) is 12.7 Å². The highest BCUT2D eigenvalue weighted by Crippen LogP contribution is 2.30. The first kappa shape index (κ1) is 16.1. The summed E-state index contributed by atoms with van der Waals surface area (Å²) in [5.74, 6) is 0.914. The number of rotatable bonds is 4. The third kappa shape index (κ3) is 3.31. The largest absolute Gasteiger partial charge is 0.451 e. The predicted molar refractivity (Wildman–Crippen MR) is 100 cm³/mol. The predicted octanol–water partition coefficient (Wildman–Crippen LogP) is 5.62. The molecule has 23 heavy (non-hydrogen) atoms. The van der Waals surface area contributed by atoms with E-state index in [2.05, 4.69) is 21.2 Å². The second-order valence-electron chi connectivity index (χ2n) is 5.25. The van der Waals surface area contributed by atoms with Crippen LogP contribution in [0.5, 0.6) is 0 Å². The van der Waals surface area contributed by atoms with Gasteiger partial charge in [-0.2, -0.15) is 11.8 Å². The molecule has 3 nitrogen and oxygen atoms in total. The van der Waals surface area contributed by atoms with Crippen molar-refractivity contribution in [1.82, 2.24) is 0 Å². The van der Waals surface area contributed by atoms with Crippen molar-refractivity contribution in [2.75, 3.05) is 11.6 Å². The summed E-state index contributed by atoms with van der Waals surface area (Å²) in [6, 6.07) is 13.5. The monoisotopic (exact) mass is 389 g/mol. The van der Waals surface area contributed by atoms with Crippen LogP contribution in [-0.2, 0) is 5.75 Å². The molecule has 0 saturated carbocycles. The fourth-order valence-electron chi connectivity index (χ4n) is 2.52. The normalized spacial score (nSPS) is 10.9. The Hall–Kier alpha value is -1.72. The van der Waals surface area contributed by atoms with Crippen molar-refractivity contribution < 1.29 is 9.21 Å². The average Bonchev–Trinajstić information content (AvgIpc) is 2.90. The lowest BCUT2D eigenvalue weighted by molar-refractivity contribution is 0.0997. The molecule has 5 heteroatoms. The highest BCUT2D eigenvalue weighted by atomic mass is 79.9. The van der Waals surface area contributed by atoms with Crippen molar-refractivity contribution in [3.63, 3.8) is 0 Å². The number of thioether (sulfide) groups is 1. The Morgan fingerprint density at radius 2 is 2.04 bits per heavy atom. The number of para-hydroxylation sites is 1. The molecule has 1 N–H and O–H groups in total. The second kappa shape index (κ2) is 6.81. The molecule has 3 rings (SSSR count). The minimum Gasteiger partial charge on any atom is -0.451 e. The smallest absolute Gasteiger partial charge is 0.291 e. The fourth-order valence-corrected chi connectivity index (χ4v) is 3.57. The molecule has 0 fully saturated rings. The summed E-state index contributed by atoms with van der Waals surface area (Å²) < 4.78 is 6.80. The van der Waals surface area contributed by atoms with Crippen LogP contribution < -0.4 is 5.32 Å². The van der Waals surface area contributed by atoms with Gasteiger partial charge in [0.15, 0.2) is 5.76 Å². The summed E-state index contributed by atoms with van der Waals surface area (Å²) in [6.07, 6.45) is 2.02. The number of carbonyl (C=O) groups excluding carboxylic acids is 1. The first-order chi connectivity index (χ1) is 11.1. The van der Waals surface area contributed by atoms with Crippen LogP contribution in [0.3, 0.4) is 0 Å². The maximum absolute atomic E-state index is 12.7. The fraction of sp³-hybridized carbons (Fsp3) is 0.167. The molecule has 2 aromatic carbocycles. The molecule has 0 aliphatic rings. The molecule has 0 bridgehead atoms. The Morgan fingerprint density at radius 1 is 1.26 bits per heavy atom. The number of furan rings is 1. The lowest BCUT2D eigenvalue weighted by Gasteiger charge is -2.08. The number of carbonyl (C=O) groups is 1. The molecule has 0 spiro atoms. The van der Waals surface area contributed by atoms with E-state index in [0.29, 0.717) is 5.76 Å². The lowest BCUT2D eigenvalue weighted by atomic mass is 10.1. The van der Waals surface area contributed by atoms with Gasteiger partial charge in [-0.05, 0) is 43.0 Å². The van der Waals surface area contributed by atoms with Crippen molar-refractivity contribution in [3.05, 3.63) is 63.8 Å². The van der Waals surface area contributed by atoms with E-state index in [9.17, 15) is 4.79 Å². The summed E-state index contributed by atoms with van der Waals surface area (Å²) in [7, 11) is 0. The summed E-state index contributed by atoms with van der Waals surface area (Å²) in [5, 5.41) is 3.95. The van der Waals surface area contributed by atoms with Gasteiger partial charge < -0.3 is 9.73 Å². The summed E-state index contributed by atoms with van der Waals surface area (Å²) in [6.45, 7) is 1.96. The lowest BCUT2D eigenvalue weighted by Crippen LogP contribution is -2.13. The van der Waals surface area contributed by atoms with Crippen LogP contribution in [0.25, 0.3) is 11.0 Å². The Morgan fingerprint density at radius 3 is 2.78 bits per heavy atom. The van der Waals surface area contributed by atoms with Gasteiger partial charge in [-0.1, -0.05) is 34.1 Å². The van der Waals surface area contributed by atoms with E-state index in [-0.39, 0.29) is 5.91 Å². The van der Waals surface area contributed by atoms with Gasteiger partial charge in [0.1, 0.15) is 5.58 Å². The van der Waals surface area contributed by atoms with Gasteiger partial charge in [0.25, 0.3) is 5.91 Å². The molecule has 0 radical (unpaired) electrons.